The number of hydrogen-bond acceptors (Lipinski definition) is 3. The van der Waals surface area contributed by atoms with Gasteiger partial charge in [-0.2, -0.15) is 0 Å². The Balaban J connectivity index is 1.87. The van der Waals surface area contributed by atoms with Gasteiger partial charge in [0, 0.05) is 18.8 Å². The normalized spacial score (nSPS) is 21.2. The second-order valence-electron chi connectivity index (χ2n) is 5.60. The van der Waals surface area contributed by atoms with Gasteiger partial charge in [0.1, 0.15) is 11.9 Å². The molecule has 0 saturated carbocycles. The van der Waals surface area contributed by atoms with Gasteiger partial charge in [0.25, 0.3) is 0 Å². The van der Waals surface area contributed by atoms with E-state index >= 15 is 0 Å². The van der Waals surface area contributed by atoms with Crippen molar-refractivity contribution in [1.29, 1.82) is 0 Å². The van der Waals surface area contributed by atoms with E-state index in [0.717, 1.165) is 30.3 Å². The van der Waals surface area contributed by atoms with Gasteiger partial charge >= 0.3 is 0 Å². The number of nitrogens with two attached hydrogens (primary N) is 1. The summed E-state index contributed by atoms with van der Waals surface area (Å²) in [5.74, 6) is 1.65. The van der Waals surface area contributed by atoms with Gasteiger partial charge in [-0.15, -0.1) is 0 Å². The second kappa shape index (κ2) is 6.10. The zero-order chi connectivity index (χ0) is 13.0. The molecule has 1 fully saturated rings. The smallest absolute Gasteiger partial charge is 0.119 e. The van der Waals surface area contributed by atoms with Crippen LogP contribution in [0.5, 0.6) is 5.75 Å². The lowest BCUT2D eigenvalue weighted by Crippen LogP contribution is -2.42. The molecule has 0 bridgehead atoms. The lowest BCUT2D eigenvalue weighted by Gasteiger charge is -2.33. The van der Waals surface area contributed by atoms with Crippen molar-refractivity contribution in [3.8, 4) is 5.75 Å². The van der Waals surface area contributed by atoms with Crippen molar-refractivity contribution in [1.82, 2.24) is 4.90 Å². The summed E-state index contributed by atoms with van der Waals surface area (Å²) in [6.45, 7) is 7.96. The number of ether oxygens (including phenoxy) is 1. The highest BCUT2D eigenvalue weighted by Gasteiger charge is 2.21. The lowest BCUT2D eigenvalue weighted by atomic mass is 10.1. The number of anilines is 1. The van der Waals surface area contributed by atoms with E-state index in [1.165, 1.54) is 19.5 Å². The van der Waals surface area contributed by atoms with Gasteiger partial charge in [0.2, 0.25) is 0 Å². The number of nitrogen functional groups attached to an aromatic ring is 1. The molecule has 1 atom stereocenters. The van der Waals surface area contributed by atoms with E-state index in [1.54, 1.807) is 0 Å². The van der Waals surface area contributed by atoms with E-state index in [1.807, 2.05) is 24.3 Å². The Morgan fingerprint density at radius 3 is 2.72 bits per heavy atom. The van der Waals surface area contributed by atoms with Crippen molar-refractivity contribution in [3.05, 3.63) is 24.3 Å². The first-order chi connectivity index (χ1) is 8.63. The van der Waals surface area contributed by atoms with Gasteiger partial charge in [-0.25, -0.2) is 0 Å². The summed E-state index contributed by atoms with van der Waals surface area (Å²) >= 11 is 0. The maximum absolute atomic E-state index is 6.02. The first kappa shape index (κ1) is 13.2. The molecule has 1 saturated heterocycles. The third-order valence-corrected chi connectivity index (χ3v) is 3.27. The third-order valence-electron chi connectivity index (χ3n) is 3.27. The van der Waals surface area contributed by atoms with Crippen LogP contribution in [0.1, 0.15) is 26.7 Å². The van der Waals surface area contributed by atoms with Crippen LogP contribution in [0, 0.1) is 5.92 Å². The Bertz CT molecular complexity index is 361. The largest absolute Gasteiger partial charge is 0.489 e. The highest BCUT2D eigenvalue weighted by Crippen LogP contribution is 2.20. The van der Waals surface area contributed by atoms with E-state index < -0.39 is 0 Å². The minimum Gasteiger partial charge on any atom is -0.489 e. The number of rotatable bonds is 4. The summed E-state index contributed by atoms with van der Waals surface area (Å²) in [5.41, 5.74) is 6.46. The molecule has 1 unspecified atom stereocenters. The number of piperidine rings is 1. The first-order valence-electron chi connectivity index (χ1n) is 6.88. The fourth-order valence-electron chi connectivity index (χ4n) is 2.53. The quantitative estimate of drug-likeness (QED) is 0.833. The Labute approximate surface area is 110 Å². The molecule has 1 aliphatic heterocycles. The molecule has 0 spiro atoms. The molecule has 2 rings (SSSR count). The van der Waals surface area contributed by atoms with Gasteiger partial charge in [-0.05, 0) is 49.6 Å². The minimum absolute atomic E-state index is 0.320. The van der Waals surface area contributed by atoms with E-state index in [9.17, 15) is 0 Å². The van der Waals surface area contributed by atoms with Crippen molar-refractivity contribution in [2.75, 3.05) is 25.4 Å². The standard InChI is InChI=1S/C15H24N2O/c1-12(2)10-17-9-3-4-15(11-17)18-14-7-5-13(16)6-8-14/h5-8,12,15H,3-4,9-11,16H2,1-2H3. The summed E-state index contributed by atoms with van der Waals surface area (Å²) in [7, 11) is 0. The summed E-state index contributed by atoms with van der Waals surface area (Å²) < 4.78 is 6.02. The second-order valence-corrected chi connectivity index (χ2v) is 5.60. The molecular weight excluding hydrogens is 224 g/mol. The third kappa shape index (κ3) is 3.91. The van der Waals surface area contributed by atoms with Crippen LogP contribution in [0.4, 0.5) is 5.69 Å². The van der Waals surface area contributed by atoms with E-state index in [2.05, 4.69) is 18.7 Å². The summed E-state index contributed by atoms with van der Waals surface area (Å²) in [4.78, 5) is 2.51. The highest BCUT2D eigenvalue weighted by molar-refractivity contribution is 5.41. The van der Waals surface area contributed by atoms with Crippen molar-refractivity contribution in [3.63, 3.8) is 0 Å². The van der Waals surface area contributed by atoms with E-state index in [4.69, 9.17) is 10.5 Å². The van der Waals surface area contributed by atoms with Crippen molar-refractivity contribution in [2.45, 2.75) is 32.8 Å². The zero-order valence-electron chi connectivity index (χ0n) is 11.4. The average molecular weight is 248 g/mol. The van der Waals surface area contributed by atoms with Gasteiger partial charge in [0.15, 0.2) is 0 Å². The van der Waals surface area contributed by atoms with Gasteiger partial charge in [-0.3, -0.25) is 4.90 Å². The molecule has 1 aromatic rings. The summed E-state index contributed by atoms with van der Waals surface area (Å²) in [6, 6.07) is 7.70. The molecule has 0 aliphatic carbocycles. The molecule has 100 valence electrons. The fraction of sp³-hybridized carbons (Fsp3) is 0.600. The van der Waals surface area contributed by atoms with E-state index in [0.29, 0.717) is 6.10 Å². The minimum atomic E-state index is 0.320. The fourth-order valence-corrected chi connectivity index (χ4v) is 2.53. The molecule has 0 aromatic heterocycles. The lowest BCUT2D eigenvalue weighted by molar-refractivity contribution is 0.0817. The number of likely N-dealkylation sites (tertiary alicyclic amines) is 1. The molecule has 1 aromatic carbocycles. The molecule has 3 nitrogen and oxygen atoms in total. The summed E-state index contributed by atoms with van der Waals surface area (Å²) in [6.07, 6.45) is 2.70. The van der Waals surface area contributed by atoms with Crippen LogP contribution in [0.25, 0.3) is 0 Å². The number of nitrogens with zero attached hydrogens (tertiary/aromatic N) is 1. The van der Waals surface area contributed by atoms with Crippen molar-refractivity contribution < 1.29 is 4.74 Å². The molecule has 2 N–H and O–H groups in total. The SMILES string of the molecule is CC(C)CN1CCCC(Oc2ccc(N)cc2)C1. The summed E-state index contributed by atoms with van der Waals surface area (Å²) in [5, 5.41) is 0. The Hall–Kier alpha value is -1.22. The predicted octanol–water partition coefficient (Wildman–Crippen LogP) is 2.77. The Morgan fingerprint density at radius 1 is 1.33 bits per heavy atom. The number of benzene rings is 1. The number of hydrogen-bond donors (Lipinski definition) is 1. The predicted molar refractivity (Wildman–Crippen MR) is 75.8 cm³/mol. The molecule has 0 amide bonds. The average Bonchev–Trinajstić information content (AvgIpc) is 2.32. The first-order valence-corrected chi connectivity index (χ1v) is 6.88. The maximum atomic E-state index is 6.02. The van der Waals surface area contributed by atoms with Crippen LogP contribution < -0.4 is 10.5 Å². The molecule has 3 heteroatoms. The van der Waals surface area contributed by atoms with E-state index in [-0.39, 0.29) is 0 Å². The maximum Gasteiger partial charge on any atom is 0.119 e. The molecule has 1 heterocycles. The molecule has 18 heavy (non-hydrogen) atoms. The van der Waals surface area contributed by atoms with Gasteiger partial charge < -0.3 is 10.5 Å². The van der Waals surface area contributed by atoms with Crippen LogP contribution >= 0.6 is 0 Å². The van der Waals surface area contributed by atoms with Crippen molar-refractivity contribution in [2.24, 2.45) is 5.92 Å². The van der Waals surface area contributed by atoms with Gasteiger partial charge in [-0.1, -0.05) is 13.8 Å². The monoisotopic (exact) mass is 248 g/mol. The molecule has 1 aliphatic rings. The van der Waals surface area contributed by atoms with Crippen LogP contribution in [0.15, 0.2) is 24.3 Å². The zero-order valence-corrected chi connectivity index (χ0v) is 11.4. The van der Waals surface area contributed by atoms with Crippen LogP contribution in [0.2, 0.25) is 0 Å². The van der Waals surface area contributed by atoms with Crippen LogP contribution in [-0.4, -0.2) is 30.6 Å². The van der Waals surface area contributed by atoms with Crippen LogP contribution in [-0.2, 0) is 0 Å². The Morgan fingerprint density at radius 2 is 2.06 bits per heavy atom. The Kier molecular flexibility index (Phi) is 4.48. The van der Waals surface area contributed by atoms with Crippen LogP contribution in [0.3, 0.4) is 0 Å². The van der Waals surface area contributed by atoms with Crippen molar-refractivity contribution >= 4 is 5.69 Å². The molecular formula is C15H24N2O. The van der Waals surface area contributed by atoms with Gasteiger partial charge in [0.05, 0.1) is 0 Å². The molecule has 0 radical (unpaired) electrons. The topological polar surface area (TPSA) is 38.5 Å². The highest BCUT2D eigenvalue weighted by atomic mass is 16.5.